The molecule has 0 bridgehead atoms. The van der Waals surface area contributed by atoms with Crippen LogP contribution in [0.3, 0.4) is 0 Å². The number of carbonyl (C=O) groups excluding carboxylic acids is 9. The number of carbonyl (C=O) groups is 10. The maximum Gasteiger partial charge on any atom is 0.326 e. The number of nitrogens with two attached hydrogens (primary N) is 3. The molecule has 20 N–H and O–H groups in total. The van der Waals surface area contributed by atoms with Gasteiger partial charge >= 0.3 is 5.97 Å². The molecule has 3 rings (SSSR count). The van der Waals surface area contributed by atoms with Crippen molar-refractivity contribution in [2.75, 3.05) is 32.8 Å². The van der Waals surface area contributed by atoms with Crippen LogP contribution < -0.4 is 65.1 Å². The van der Waals surface area contributed by atoms with Crippen molar-refractivity contribution >= 4 is 70.0 Å². The summed E-state index contributed by atoms with van der Waals surface area (Å²) in [7, 11) is 0. The number of amides is 9. The van der Waals surface area contributed by atoms with Crippen LogP contribution in [0.1, 0.15) is 97.2 Å². The lowest BCUT2D eigenvalue weighted by atomic mass is 9.97. The molecular weight excluding hydrogens is 1040 g/mol. The van der Waals surface area contributed by atoms with Crippen LogP contribution in [0.5, 0.6) is 0 Å². The number of aliphatic hydroxyl groups is 2. The molecular formula is C52H83N15O13. The van der Waals surface area contributed by atoms with Crippen LogP contribution in [-0.2, 0) is 60.8 Å². The number of nitrogens with one attached hydrogen (secondary N) is 11. The number of carboxylic acids is 1. The predicted molar refractivity (Wildman–Crippen MR) is 293 cm³/mol. The van der Waals surface area contributed by atoms with Gasteiger partial charge in [-0.15, -0.1) is 0 Å². The maximum atomic E-state index is 14.6. The lowest BCUT2D eigenvalue weighted by molar-refractivity contribution is -0.143. The van der Waals surface area contributed by atoms with Crippen molar-refractivity contribution in [3.8, 4) is 0 Å². The van der Waals surface area contributed by atoms with Crippen molar-refractivity contribution in [1.29, 1.82) is 0 Å². The smallest absolute Gasteiger partial charge is 0.326 e. The van der Waals surface area contributed by atoms with E-state index in [1.807, 2.05) is 0 Å². The van der Waals surface area contributed by atoms with Crippen molar-refractivity contribution in [3.63, 3.8) is 0 Å². The monoisotopic (exact) mass is 1130 g/mol. The maximum absolute atomic E-state index is 14.6. The highest BCUT2D eigenvalue weighted by molar-refractivity contribution is 5.99. The second kappa shape index (κ2) is 34.5. The summed E-state index contributed by atoms with van der Waals surface area (Å²) in [5, 5.41) is 54.2. The third-order valence-corrected chi connectivity index (χ3v) is 13.6. The van der Waals surface area contributed by atoms with Gasteiger partial charge in [-0.2, -0.15) is 0 Å². The Kier molecular flexibility index (Phi) is 28.8. The number of unbranched alkanes of at least 4 members (excludes halogenated alkanes) is 2. The number of carboxylic acid groups (broad SMARTS) is 1. The van der Waals surface area contributed by atoms with Gasteiger partial charge in [0.05, 0.1) is 32.1 Å². The minimum Gasteiger partial charge on any atom is -0.480 e. The molecule has 11 atom stereocenters. The summed E-state index contributed by atoms with van der Waals surface area (Å²) in [6.45, 7) is 6.54. The predicted octanol–water partition coefficient (Wildman–Crippen LogP) is -3.56. The number of nitrogens with zero attached hydrogens (tertiary/aromatic N) is 1. The zero-order valence-corrected chi connectivity index (χ0v) is 46.1. The topological polar surface area (TPSA) is 462 Å². The largest absolute Gasteiger partial charge is 0.480 e. The molecule has 444 valence electrons. The Morgan fingerprint density at radius 3 is 1.68 bits per heavy atom. The Balaban J connectivity index is 1.92. The molecule has 0 saturated carbocycles. The lowest BCUT2D eigenvalue weighted by Crippen LogP contribution is -2.62. The van der Waals surface area contributed by atoms with E-state index < -0.39 is 139 Å². The molecule has 0 saturated heterocycles. The van der Waals surface area contributed by atoms with Crippen LogP contribution in [0.25, 0.3) is 10.9 Å². The molecule has 0 aliphatic carbocycles. The summed E-state index contributed by atoms with van der Waals surface area (Å²) in [6.07, 6.45) is 5.00. The van der Waals surface area contributed by atoms with E-state index in [9.17, 15) is 63.3 Å². The molecule has 0 radical (unpaired) electrons. The number of fused-ring (bicyclic) bond motifs is 1. The molecule has 0 aliphatic rings. The second-order valence-electron chi connectivity index (χ2n) is 19.8. The van der Waals surface area contributed by atoms with Gasteiger partial charge in [-0.25, -0.2) is 9.78 Å². The van der Waals surface area contributed by atoms with Crippen molar-refractivity contribution < 1.29 is 63.3 Å². The number of aliphatic carboxylic acids is 1. The first-order valence-corrected chi connectivity index (χ1v) is 27.0. The first-order valence-electron chi connectivity index (χ1n) is 27.0. The number of aromatic amines is 2. The van der Waals surface area contributed by atoms with Crippen LogP contribution in [0, 0.1) is 11.8 Å². The number of benzene rings is 1. The Morgan fingerprint density at radius 1 is 0.588 bits per heavy atom. The van der Waals surface area contributed by atoms with Crippen molar-refractivity contribution in [2.24, 2.45) is 29.0 Å². The Hall–Kier alpha value is -7.53. The van der Waals surface area contributed by atoms with Crippen LogP contribution in [0.4, 0.5) is 0 Å². The molecule has 0 spiro atoms. The minimum absolute atomic E-state index is 0.0427. The number of aromatic nitrogens is 3. The SMILES string of the molecule is CC[C@H](C)[C@H](NC(=O)CNC(=O)[C@@H](NC(=O)[C@H](Cc1c[nH]c2ccccc12)NC(=O)[C@H](Cc1cnc[nH]1)NC(=O)[C@H](CCCCN)NC(=O)[C@H](CO)NC(=O)[C@@H](NC(=O)[C@H](CCCCN)NC(=O)CN)[C@@H](C)CC)[C@@H](C)O)C(=O)O. The number of para-hydroxylation sites is 1. The van der Waals surface area contributed by atoms with Gasteiger partial charge < -0.3 is 90.3 Å². The van der Waals surface area contributed by atoms with Gasteiger partial charge in [0.15, 0.2) is 0 Å². The fourth-order valence-corrected chi connectivity index (χ4v) is 8.40. The molecule has 2 aromatic heterocycles. The standard InChI is InChI=1S/C52H83N15O13/c1-6-28(3)42(66-46(73)35(16-10-12-18-53)60-40(70)22-55)51(78)64-39(26-68)49(76)61-36(17-11-13-19-54)45(72)63-38(21-32-24-56-27-59-32)47(74)62-37(20-31-23-57-34-15-9-8-14-33(31)34)48(75)67-44(30(5)69)50(77)58-25-41(71)65-43(52(79)80)29(4)7-2/h8-9,14-15,23-24,27-30,35-39,42-44,57,68-69H,6-7,10-13,16-22,25-26,53-55H2,1-5H3,(H,56,59)(H,58,77)(H,60,70)(H,61,76)(H,62,74)(H,63,72)(H,64,78)(H,65,71)(H,66,73)(H,67,75)(H,79,80)/t28-,29-,30+,35-,36-,37-,38-,39-,42-,43-,44-/m0/s1. The molecule has 3 aromatic rings. The average molecular weight is 1130 g/mol. The number of rotatable bonds is 37. The molecule has 1 aromatic carbocycles. The van der Waals surface area contributed by atoms with Gasteiger partial charge in [0, 0.05) is 41.8 Å². The number of imidazole rings is 1. The van der Waals surface area contributed by atoms with Gasteiger partial charge in [-0.1, -0.05) is 58.7 Å². The second-order valence-corrected chi connectivity index (χ2v) is 19.8. The van der Waals surface area contributed by atoms with Gasteiger partial charge in [0.25, 0.3) is 0 Å². The summed E-state index contributed by atoms with van der Waals surface area (Å²) in [4.78, 5) is 145. The van der Waals surface area contributed by atoms with E-state index in [0.717, 1.165) is 0 Å². The van der Waals surface area contributed by atoms with Gasteiger partial charge in [-0.05, 0) is 82.0 Å². The minimum atomic E-state index is -1.70. The van der Waals surface area contributed by atoms with E-state index in [-0.39, 0.29) is 45.2 Å². The quantitative estimate of drug-likeness (QED) is 0.0248. The van der Waals surface area contributed by atoms with Crippen LogP contribution in [-0.4, -0.2) is 177 Å². The number of hydrogen-bond donors (Lipinski definition) is 17. The van der Waals surface area contributed by atoms with Crippen LogP contribution >= 0.6 is 0 Å². The number of aliphatic hydroxyl groups excluding tert-OH is 2. The molecule has 2 heterocycles. The lowest BCUT2D eigenvalue weighted by Gasteiger charge is -2.29. The molecule has 0 fully saturated rings. The molecule has 28 nitrogen and oxygen atoms in total. The molecule has 9 amide bonds. The van der Waals surface area contributed by atoms with Crippen molar-refractivity contribution in [1.82, 2.24) is 62.8 Å². The highest BCUT2D eigenvalue weighted by Crippen LogP contribution is 2.20. The summed E-state index contributed by atoms with van der Waals surface area (Å²) in [6, 6.07) is -4.26. The van der Waals surface area contributed by atoms with E-state index in [0.29, 0.717) is 60.8 Å². The summed E-state index contributed by atoms with van der Waals surface area (Å²) in [5.74, 6) is -10.0. The zero-order valence-electron chi connectivity index (χ0n) is 46.1. The Labute approximate surface area is 464 Å². The Morgan fingerprint density at radius 2 is 1.11 bits per heavy atom. The van der Waals surface area contributed by atoms with E-state index >= 15 is 0 Å². The van der Waals surface area contributed by atoms with E-state index in [4.69, 9.17) is 17.2 Å². The van der Waals surface area contributed by atoms with Crippen LogP contribution in [0.15, 0.2) is 43.0 Å². The van der Waals surface area contributed by atoms with E-state index in [2.05, 4.69) is 62.8 Å². The molecule has 28 heteroatoms. The normalized spacial score (nSPS) is 15.4. The van der Waals surface area contributed by atoms with Crippen molar-refractivity contribution in [2.45, 2.75) is 153 Å². The highest BCUT2D eigenvalue weighted by Gasteiger charge is 2.37. The first kappa shape index (κ1) is 66.7. The third kappa shape index (κ3) is 21.3. The third-order valence-electron chi connectivity index (χ3n) is 13.6. The average Bonchev–Trinajstić information content (AvgIpc) is 4.16. The van der Waals surface area contributed by atoms with Crippen LogP contribution in [0.2, 0.25) is 0 Å². The highest BCUT2D eigenvalue weighted by atomic mass is 16.4. The molecule has 0 aliphatic heterocycles. The number of H-pyrrole nitrogens is 2. The van der Waals surface area contributed by atoms with Gasteiger partial charge in [0.2, 0.25) is 53.2 Å². The van der Waals surface area contributed by atoms with Gasteiger partial charge in [-0.3, -0.25) is 43.2 Å². The fourth-order valence-electron chi connectivity index (χ4n) is 8.40. The fraction of sp³-hybridized carbons (Fsp3) is 0.596. The number of hydrogen-bond acceptors (Lipinski definition) is 16. The van der Waals surface area contributed by atoms with E-state index in [1.165, 1.54) is 19.4 Å². The zero-order chi connectivity index (χ0) is 59.5. The summed E-state index contributed by atoms with van der Waals surface area (Å²) >= 11 is 0. The summed E-state index contributed by atoms with van der Waals surface area (Å²) < 4.78 is 0. The first-order chi connectivity index (χ1) is 38.1. The molecule has 80 heavy (non-hydrogen) atoms. The van der Waals surface area contributed by atoms with Crippen molar-refractivity contribution in [3.05, 3.63) is 54.2 Å². The Bertz CT molecular complexity index is 2510. The molecule has 0 unspecified atom stereocenters. The van der Waals surface area contributed by atoms with E-state index in [1.54, 1.807) is 58.2 Å². The summed E-state index contributed by atoms with van der Waals surface area (Å²) in [5.41, 5.74) is 18.5. The van der Waals surface area contributed by atoms with Gasteiger partial charge in [0.1, 0.15) is 48.3 Å².